The number of aromatic nitrogens is 2. The van der Waals surface area contributed by atoms with Crippen molar-refractivity contribution in [3.05, 3.63) is 27.1 Å². The van der Waals surface area contributed by atoms with Gasteiger partial charge in [-0.05, 0) is 18.9 Å². The van der Waals surface area contributed by atoms with E-state index in [0.29, 0.717) is 15.1 Å². The minimum absolute atomic E-state index is 0.0268. The molecule has 0 aliphatic rings. The van der Waals surface area contributed by atoms with E-state index in [-0.39, 0.29) is 11.5 Å². The summed E-state index contributed by atoms with van der Waals surface area (Å²) in [6.07, 6.45) is 3.52. The second-order valence-electron chi connectivity index (χ2n) is 4.98. The lowest BCUT2D eigenvalue weighted by atomic mass is 10.2. The van der Waals surface area contributed by atoms with Crippen molar-refractivity contribution < 1.29 is 4.79 Å². The molecule has 0 spiro atoms. The maximum atomic E-state index is 12.4. The van der Waals surface area contributed by atoms with E-state index in [2.05, 4.69) is 11.9 Å². The third-order valence-corrected chi connectivity index (χ3v) is 4.59. The topological polar surface area (TPSA) is 55.2 Å². The molecule has 0 aliphatic heterocycles. The minimum Gasteiger partial charge on any atom is -0.341 e. The lowest BCUT2D eigenvalue weighted by Crippen LogP contribution is -2.27. The second kappa shape index (κ2) is 5.75. The van der Waals surface area contributed by atoms with Crippen LogP contribution in [0.25, 0.3) is 10.2 Å². The van der Waals surface area contributed by atoms with Crippen molar-refractivity contribution in [1.82, 2.24) is 14.5 Å². The highest BCUT2D eigenvalue weighted by Crippen LogP contribution is 2.27. The number of carbonyl (C=O) groups is 1. The summed E-state index contributed by atoms with van der Waals surface area (Å²) in [6.45, 7) is 4.65. The van der Waals surface area contributed by atoms with Crippen LogP contribution < -0.4 is 5.56 Å². The molecule has 0 fully saturated rings. The molecular weight excluding hydrogens is 274 g/mol. The predicted octanol–water partition coefficient (Wildman–Crippen LogP) is 2.18. The summed E-state index contributed by atoms with van der Waals surface area (Å²) in [6, 6.07) is 0. The van der Waals surface area contributed by atoms with Crippen molar-refractivity contribution in [2.45, 2.75) is 26.7 Å². The van der Waals surface area contributed by atoms with Gasteiger partial charge in [0.1, 0.15) is 4.83 Å². The third kappa shape index (κ3) is 2.47. The van der Waals surface area contributed by atoms with Crippen LogP contribution in [0.4, 0.5) is 0 Å². The van der Waals surface area contributed by atoms with Gasteiger partial charge in [-0.15, -0.1) is 11.3 Å². The van der Waals surface area contributed by atoms with E-state index in [0.717, 1.165) is 24.9 Å². The Morgan fingerprint density at radius 3 is 2.85 bits per heavy atom. The number of fused-ring (bicyclic) bond motifs is 1. The number of rotatable bonds is 4. The summed E-state index contributed by atoms with van der Waals surface area (Å²) in [5, 5.41) is 0.562. The van der Waals surface area contributed by atoms with Gasteiger partial charge < -0.3 is 9.47 Å². The van der Waals surface area contributed by atoms with Crippen LogP contribution in [0, 0.1) is 6.92 Å². The van der Waals surface area contributed by atoms with Gasteiger partial charge in [-0.3, -0.25) is 9.59 Å². The highest BCUT2D eigenvalue weighted by atomic mass is 32.1. The number of hydrogen-bond acceptors (Lipinski definition) is 4. The average Bonchev–Trinajstić information content (AvgIpc) is 2.77. The zero-order chi connectivity index (χ0) is 14.9. The van der Waals surface area contributed by atoms with Crippen LogP contribution in [-0.4, -0.2) is 34.0 Å². The quantitative estimate of drug-likeness (QED) is 0.868. The lowest BCUT2D eigenvalue weighted by Gasteiger charge is -2.15. The van der Waals surface area contributed by atoms with Crippen molar-refractivity contribution in [3.8, 4) is 0 Å². The Kier molecular flexibility index (Phi) is 4.23. The molecule has 108 valence electrons. The Morgan fingerprint density at radius 1 is 1.50 bits per heavy atom. The maximum Gasteiger partial charge on any atom is 0.264 e. The van der Waals surface area contributed by atoms with Gasteiger partial charge in [0.05, 0.1) is 16.6 Å². The molecule has 0 atom stereocenters. The van der Waals surface area contributed by atoms with Gasteiger partial charge in [0.2, 0.25) is 0 Å². The van der Waals surface area contributed by atoms with Crippen LogP contribution in [0.2, 0.25) is 0 Å². The zero-order valence-electron chi connectivity index (χ0n) is 12.3. The standard InChI is InChI=1S/C14H19N3O2S/c1-5-6-7-16(3)14(19)11-9(2)10-12(20-11)15-8-17(4)13(10)18/h8H,5-7H2,1-4H3. The first-order chi connectivity index (χ1) is 9.47. The summed E-state index contributed by atoms with van der Waals surface area (Å²) in [4.78, 5) is 31.8. The molecule has 0 bridgehead atoms. The molecular formula is C14H19N3O2S. The number of unbranched alkanes of at least 4 members (excludes halogenated alkanes) is 1. The van der Waals surface area contributed by atoms with Gasteiger partial charge in [0, 0.05) is 20.6 Å². The molecule has 0 radical (unpaired) electrons. The molecule has 0 saturated carbocycles. The van der Waals surface area contributed by atoms with Gasteiger partial charge in [-0.2, -0.15) is 0 Å². The SMILES string of the molecule is CCCCN(C)C(=O)c1sc2ncn(C)c(=O)c2c1C. The van der Waals surface area contributed by atoms with Crippen LogP contribution in [-0.2, 0) is 7.05 Å². The van der Waals surface area contributed by atoms with Crippen molar-refractivity contribution in [1.29, 1.82) is 0 Å². The molecule has 0 saturated heterocycles. The molecule has 5 nitrogen and oxygen atoms in total. The number of thiophene rings is 1. The van der Waals surface area contributed by atoms with Gasteiger partial charge in [0.25, 0.3) is 11.5 Å². The Labute approximate surface area is 121 Å². The van der Waals surface area contributed by atoms with Gasteiger partial charge in [-0.1, -0.05) is 13.3 Å². The molecule has 1 amide bonds. The first-order valence-electron chi connectivity index (χ1n) is 6.67. The normalized spacial score (nSPS) is 11.0. The monoisotopic (exact) mass is 293 g/mol. The largest absolute Gasteiger partial charge is 0.341 e. The van der Waals surface area contributed by atoms with Crippen molar-refractivity contribution in [3.63, 3.8) is 0 Å². The molecule has 6 heteroatoms. The highest BCUT2D eigenvalue weighted by molar-refractivity contribution is 7.20. The third-order valence-electron chi connectivity index (χ3n) is 3.40. The fourth-order valence-corrected chi connectivity index (χ4v) is 3.22. The number of nitrogens with zero attached hydrogens (tertiary/aromatic N) is 3. The smallest absolute Gasteiger partial charge is 0.264 e. The van der Waals surface area contributed by atoms with Crippen LogP contribution in [0.3, 0.4) is 0 Å². The Morgan fingerprint density at radius 2 is 2.20 bits per heavy atom. The summed E-state index contributed by atoms with van der Waals surface area (Å²) < 4.78 is 1.44. The van der Waals surface area contributed by atoms with E-state index in [1.54, 1.807) is 19.0 Å². The fraction of sp³-hybridized carbons (Fsp3) is 0.500. The van der Waals surface area contributed by atoms with Crippen LogP contribution in [0.15, 0.2) is 11.1 Å². The van der Waals surface area contributed by atoms with E-state index >= 15 is 0 Å². The molecule has 20 heavy (non-hydrogen) atoms. The van der Waals surface area contributed by atoms with Crippen molar-refractivity contribution in [2.75, 3.05) is 13.6 Å². The summed E-state index contributed by atoms with van der Waals surface area (Å²) in [7, 11) is 3.47. The molecule has 0 N–H and O–H groups in total. The second-order valence-corrected chi connectivity index (χ2v) is 5.98. The number of hydrogen-bond donors (Lipinski definition) is 0. The molecule has 2 heterocycles. The first-order valence-corrected chi connectivity index (χ1v) is 7.49. The molecule has 2 aromatic rings. The van der Waals surface area contributed by atoms with Gasteiger partial charge in [-0.25, -0.2) is 4.98 Å². The molecule has 0 aliphatic carbocycles. The van der Waals surface area contributed by atoms with Crippen molar-refractivity contribution in [2.24, 2.45) is 7.05 Å². The summed E-state index contributed by atoms with van der Waals surface area (Å²) in [5.41, 5.74) is 0.644. The van der Waals surface area contributed by atoms with E-state index in [9.17, 15) is 9.59 Å². The summed E-state index contributed by atoms with van der Waals surface area (Å²) >= 11 is 1.30. The van der Waals surface area contributed by atoms with Gasteiger partial charge >= 0.3 is 0 Å². The predicted molar refractivity (Wildman–Crippen MR) is 81.5 cm³/mol. The van der Waals surface area contributed by atoms with Crippen LogP contribution >= 0.6 is 11.3 Å². The number of amides is 1. The highest BCUT2D eigenvalue weighted by Gasteiger charge is 2.21. The lowest BCUT2D eigenvalue weighted by molar-refractivity contribution is 0.0797. The van der Waals surface area contributed by atoms with Crippen LogP contribution in [0.1, 0.15) is 35.0 Å². The average molecular weight is 293 g/mol. The zero-order valence-corrected chi connectivity index (χ0v) is 13.1. The van der Waals surface area contributed by atoms with Gasteiger partial charge in [0.15, 0.2) is 0 Å². The number of aryl methyl sites for hydroxylation is 2. The number of carbonyl (C=O) groups excluding carboxylic acids is 1. The molecule has 0 unspecified atom stereocenters. The van der Waals surface area contributed by atoms with E-state index in [1.807, 2.05) is 6.92 Å². The Balaban J connectivity index is 2.46. The first kappa shape index (κ1) is 14.7. The Hall–Kier alpha value is -1.69. The molecule has 2 rings (SSSR count). The summed E-state index contributed by atoms with van der Waals surface area (Å²) in [5.74, 6) is -0.0268. The minimum atomic E-state index is -0.0981. The molecule has 2 aromatic heterocycles. The Bertz CT molecular complexity index is 702. The van der Waals surface area contributed by atoms with E-state index in [1.165, 1.54) is 22.2 Å². The van der Waals surface area contributed by atoms with Crippen LogP contribution in [0.5, 0.6) is 0 Å². The molecule has 0 aromatic carbocycles. The maximum absolute atomic E-state index is 12.4. The van der Waals surface area contributed by atoms with E-state index in [4.69, 9.17) is 0 Å². The fourth-order valence-electron chi connectivity index (χ4n) is 2.08. The van der Waals surface area contributed by atoms with E-state index < -0.39 is 0 Å². The van der Waals surface area contributed by atoms with Crippen molar-refractivity contribution >= 4 is 27.5 Å².